The maximum atomic E-state index is 8.83. The minimum Gasteiger partial charge on any atom is -0.494 e. The van der Waals surface area contributed by atoms with Gasteiger partial charge in [0.25, 0.3) is 0 Å². The van der Waals surface area contributed by atoms with E-state index in [1.54, 1.807) is 0 Å². The summed E-state index contributed by atoms with van der Waals surface area (Å²) < 4.78 is 32.0. The van der Waals surface area contributed by atoms with Gasteiger partial charge in [-0.25, -0.2) is 0 Å². The lowest BCUT2D eigenvalue weighted by Crippen LogP contribution is -2.01. The van der Waals surface area contributed by atoms with Gasteiger partial charge in [0, 0.05) is 5.75 Å². The number of aryl methyl sites for hydroxylation is 1. The van der Waals surface area contributed by atoms with E-state index in [-0.39, 0.29) is 5.75 Å². The van der Waals surface area contributed by atoms with Crippen molar-refractivity contribution in [3.8, 4) is 5.75 Å². The molecule has 1 aromatic rings. The molecular weight excluding hydrogens is 264 g/mol. The lowest BCUT2D eigenvalue weighted by molar-refractivity contribution is 0.336. The lowest BCUT2D eigenvalue weighted by Gasteiger charge is -2.18. The summed E-state index contributed by atoms with van der Waals surface area (Å²) in [5.74, 6) is 1.04. The first kappa shape index (κ1) is 16.3. The zero-order valence-electron chi connectivity index (χ0n) is 11.4. The van der Waals surface area contributed by atoms with Crippen molar-refractivity contribution in [3.63, 3.8) is 0 Å². The van der Waals surface area contributed by atoms with Crippen LogP contribution in [-0.2, 0) is 6.42 Å². The summed E-state index contributed by atoms with van der Waals surface area (Å²) in [6.45, 7) is 2.65. The zero-order valence-corrected chi connectivity index (χ0v) is 12.2. The molecule has 0 bridgehead atoms. The first-order valence-corrected chi connectivity index (χ1v) is 8.39. The Morgan fingerprint density at radius 2 is 1.68 bits per heavy atom. The van der Waals surface area contributed by atoms with Crippen LogP contribution < -0.4 is 4.74 Å². The molecule has 5 heteroatoms. The van der Waals surface area contributed by atoms with Crippen molar-refractivity contribution in [2.75, 3.05) is 12.4 Å². The monoisotopic (exact) mass is 288 g/mol. The fourth-order valence-electron chi connectivity index (χ4n) is 1.97. The molecule has 0 aliphatic heterocycles. The van der Waals surface area contributed by atoms with Gasteiger partial charge in [0.2, 0.25) is 0 Å². The van der Waals surface area contributed by atoms with Crippen LogP contribution in [-0.4, -0.2) is 26.0 Å². The van der Waals surface area contributed by atoms with E-state index >= 15 is 0 Å². The van der Waals surface area contributed by atoms with Crippen LogP contribution in [0.2, 0.25) is 0 Å². The molecule has 4 nitrogen and oxygen atoms in total. The number of para-hydroxylation sites is 1. The highest BCUT2D eigenvalue weighted by molar-refractivity contribution is 8.19. The van der Waals surface area contributed by atoms with Crippen molar-refractivity contribution in [2.45, 2.75) is 39.0 Å². The highest BCUT2D eigenvalue weighted by atomic mass is 32.3. The van der Waals surface area contributed by atoms with Crippen molar-refractivity contribution in [1.82, 2.24) is 0 Å². The fraction of sp³-hybridized carbons (Fsp3) is 0.571. The summed E-state index contributed by atoms with van der Waals surface area (Å²) in [7, 11) is -3.30. The first-order valence-electron chi connectivity index (χ1n) is 6.72. The van der Waals surface area contributed by atoms with Crippen LogP contribution in [0.4, 0.5) is 0 Å². The largest absolute Gasteiger partial charge is 0.494 e. The van der Waals surface area contributed by atoms with Gasteiger partial charge in [-0.3, -0.25) is 0 Å². The van der Waals surface area contributed by atoms with Gasteiger partial charge in [0.1, 0.15) is 5.75 Å². The standard InChI is InChI=1S/C14H24O4S/c1-2-18-14-11-7-6-10-13(14)9-5-3-4-8-12-19(15,16)17/h6-7,10-11,15-17H,2-5,8-9,12H2,1H3. The summed E-state index contributed by atoms with van der Waals surface area (Å²) in [5, 5.41) is 0. The Morgan fingerprint density at radius 1 is 1.00 bits per heavy atom. The number of hydrogen-bond acceptors (Lipinski definition) is 4. The highest BCUT2D eigenvalue weighted by Gasteiger charge is 2.09. The van der Waals surface area contributed by atoms with Crippen molar-refractivity contribution in [2.24, 2.45) is 0 Å². The van der Waals surface area contributed by atoms with E-state index in [0.29, 0.717) is 13.0 Å². The third-order valence-electron chi connectivity index (χ3n) is 2.89. The van der Waals surface area contributed by atoms with Gasteiger partial charge in [-0.15, -0.1) is 0 Å². The second-order valence-corrected chi connectivity index (χ2v) is 6.21. The molecule has 110 valence electrons. The molecule has 19 heavy (non-hydrogen) atoms. The Balaban J connectivity index is 2.22. The molecule has 0 aromatic heterocycles. The van der Waals surface area contributed by atoms with Gasteiger partial charge in [0.15, 0.2) is 0 Å². The molecular formula is C14H24O4S. The molecule has 0 saturated carbocycles. The second-order valence-electron chi connectivity index (χ2n) is 4.54. The number of ether oxygens (including phenoxy) is 1. The van der Waals surface area contributed by atoms with Crippen molar-refractivity contribution < 1.29 is 18.4 Å². The van der Waals surface area contributed by atoms with Crippen molar-refractivity contribution in [3.05, 3.63) is 29.8 Å². The molecule has 0 aliphatic rings. The SMILES string of the molecule is CCOc1ccccc1CCCCCCS(O)(O)O. The Morgan fingerprint density at radius 3 is 2.37 bits per heavy atom. The normalized spacial score (nSPS) is 12.4. The Bertz CT molecular complexity index is 363. The second kappa shape index (κ2) is 8.43. The van der Waals surface area contributed by atoms with Crippen LogP contribution >= 0.6 is 10.9 Å². The molecule has 3 N–H and O–H groups in total. The average Bonchev–Trinajstić information content (AvgIpc) is 2.34. The van der Waals surface area contributed by atoms with Gasteiger partial charge < -0.3 is 18.4 Å². The molecule has 0 saturated heterocycles. The molecule has 0 heterocycles. The summed E-state index contributed by atoms with van der Waals surface area (Å²) in [4.78, 5) is 0. The predicted octanol–water partition coefficient (Wildman–Crippen LogP) is 4.41. The van der Waals surface area contributed by atoms with Gasteiger partial charge in [-0.1, -0.05) is 31.0 Å². The van der Waals surface area contributed by atoms with Crippen LogP contribution in [0.5, 0.6) is 5.75 Å². The Hall–Kier alpha value is -0.750. The van der Waals surface area contributed by atoms with E-state index in [0.717, 1.165) is 31.4 Å². The van der Waals surface area contributed by atoms with Crippen molar-refractivity contribution >= 4 is 10.9 Å². The maximum Gasteiger partial charge on any atom is 0.122 e. The smallest absolute Gasteiger partial charge is 0.122 e. The van der Waals surface area contributed by atoms with Gasteiger partial charge >= 0.3 is 0 Å². The molecule has 0 amide bonds. The number of benzene rings is 1. The topological polar surface area (TPSA) is 69.9 Å². The summed E-state index contributed by atoms with van der Waals surface area (Å²) >= 11 is 0. The van der Waals surface area contributed by atoms with Crippen LogP contribution in [0.3, 0.4) is 0 Å². The highest BCUT2D eigenvalue weighted by Crippen LogP contribution is 2.33. The molecule has 0 fully saturated rings. The van der Waals surface area contributed by atoms with Gasteiger partial charge in [-0.2, -0.15) is 0 Å². The average molecular weight is 288 g/mol. The number of hydrogen-bond donors (Lipinski definition) is 3. The Labute approximate surface area is 117 Å². The molecule has 0 spiro atoms. The lowest BCUT2D eigenvalue weighted by atomic mass is 10.1. The van der Waals surface area contributed by atoms with E-state index in [4.69, 9.17) is 18.4 Å². The van der Waals surface area contributed by atoms with Crippen LogP contribution in [0.25, 0.3) is 0 Å². The predicted molar refractivity (Wildman–Crippen MR) is 80.1 cm³/mol. The van der Waals surface area contributed by atoms with Crippen LogP contribution in [0, 0.1) is 0 Å². The van der Waals surface area contributed by atoms with Crippen LogP contribution in [0.15, 0.2) is 24.3 Å². The third-order valence-corrected chi connectivity index (χ3v) is 3.72. The van der Waals surface area contributed by atoms with Crippen molar-refractivity contribution in [1.29, 1.82) is 0 Å². The summed E-state index contributed by atoms with van der Waals surface area (Å²) in [6.07, 6.45) is 4.55. The molecule has 0 unspecified atom stereocenters. The minimum atomic E-state index is -3.30. The van der Waals surface area contributed by atoms with E-state index in [1.165, 1.54) is 5.56 Å². The molecule has 0 radical (unpaired) electrons. The number of rotatable bonds is 9. The third kappa shape index (κ3) is 7.42. The van der Waals surface area contributed by atoms with E-state index in [1.807, 2.05) is 25.1 Å². The Kier molecular flexibility index (Phi) is 7.23. The van der Waals surface area contributed by atoms with E-state index in [2.05, 4.69) is 6.07 Å². The molecule has 0 atom stereocenters. The van der Waals surface area contributed by atoms with E-state index < -0.39 is 10.9 Å². The molecule has 1 aromatic carbocycles. The maximum absolute atomic E-state index is 8.83. The minimum absolute atomic E-state index is 0.0858. The summed E-state index contributed by atoms with van der Waals surface area (Å²) in [6, 6.07) is 8.05. The van der Waals surface area contributed by atoms with Crippen LogP contribution in [0.1, 0.15) is 38.2 Å². The zero-order chi connectivity index (χ0) is 14.1. The number of unbranched alkanes of at least 4 members (excludes halogenated alkanes) is 3. The summed E-state index contributed by atoms with van der Waals surface area (Å²) in [5.41, 5.74) is 1.22. The van der Waals surface area contributed by atoms with E-state index in [9.17, 15) is 0 Å². The molecule has 1 rings (SSSR count). The first-order chi connectivity index (χ1) is 9.03. The molecule has 0 aliphatic carbocycles. The van der Waals surface area contributed by atoms with Gasteiger partial charge in [0.05, 0.1) is 17.5 Å². The quantitative estimate of drug-likeness (QED) is 0.589. The van der Waals surface area contributed by atoms with Gasteiger partial charge in [-0.05, 0) is 37.8 Å². The fourth-order valence-corrected chi connectivity index (χ4v) is 2.56.